The highest BCUT2D eigenvalue weighted by molar-refractivity contribution is 6.30. The fourth-order valence-corrected chi connectivity index (χ4v) is 3.36. The summed E-state index contributed by atoms with van der Waals surface area (Å²) in [4.78, 5) is 27.8. The predicted molar refractivity (Wildman–Crippen MR) is 121 cm³/mol. The molecule has 0 saturated carbocycles. The maximum atomic E-state index is 13.3. The van der Waals surface area contributed by atoms with Crippen molar-refractivity contribution in [3.63, 3.8) is 0 Å². The van der Waals surface area contributed by atoms with Gasteiger partial charge in [0.05, 0.1) is 13.5 Å². The fraction of sp³-hybridized carbons (Fsp3) is 0.417. The molecule has 2 amide bonds. The Morgan fingerprint density at radius 3 is 2.23 bits per heavy atom. The van der Waals surface area contributed by atoms with E-state index >= 15 is 0 Å². The molecule has 0 aromatic heterocycles. The van der Waals surface area contributed by atoms with E-state index in [1.54, 1.807) is 24.1 Å². The zero-order chi connectivity index (χ0) is 21.9. The number of nitrogens with one attached hydrogen (secondary N) is 1. The largest absolute Gasteiger partial charge is 0.497 e. The lowest BCUT2D eigenvalue weighted by atomic mass is 10.1. The van der Waals surface area contributed by atoms with Gasteiger partial charge in [-0.2, -0.15) is 0 Å². The monoisotopic (exact) mass is 430 g/mol. The fourth-order valence-electron chi connectivity index (χ4n) is 3.23. The molecule has 162 valence electrons. The van der Waals surface area contributed by atoms with Gasteiger partial charge in [0.1, 0.15) is 11.8 Å². The van der Waals surface area contributed by atoms with Crippen molar-refractivity contribution in [2.45, 2.75) is 52.1 Å². The lowest BCUT2D eigenvalue weighted by molar-refractivity contribution is -0.140. The standard InChI is InChI=1S/C24H31ClN2O3/c1-4-6-15-26-24(29)22(5-2)27(17-19-7-11-20(25)12-8-19)23(28)16-18-9-13-21(30-3)14-10-18/h7-14,22H,4-6,15-17H2,1-3H3,(H,26,29)/t22-/m0/s1. The molecule has 2 aromatic carbocycles. The van der Waals surface area contributed by atoms with Crippen molar-refractivity contribution in [3.8, 4) is 5.75 Å². The number of ether oxygens (including phenoxy) is 1. The van der Waals surface area contributed by atoms with E-state index in [4.69, 9.17) is 16.3 Å². The molecule has 1 N–H and O–H groups in total. The normalized spacial score (nSPS) is 11.6. The number of unbranched alkanes of at least 4 members (excludes halogenated alkanes) is 1. The average Bonchev–Trinajstić information content (AvgIpc) is 2.75. The van der Waals surface area contributed by atoms with Gasteiger partial charge >= 0.3 is 0 Å². The molecule has 6 heteroatoms. The van der Waals surface area contributed by atoms with Crippen LogP contribution in [0.25, 0.3) is 0 Å². The lowest BCUT2D eigenvalue weighted by Crippen LogP contribution is -2.49. The Bertz CT molecular complexity index is 806. The second kappa shape index (κ2) is 12.2. The molecule has 2 aromatic rings. The number of hydrogen-bond donors (Lipinski definition) is 1. The first-order valence-electron chi connectivity index (χ1n) is 10.4. The number of methoxy groups -OCH3 is 1. The molecule has 5 nitrogen and oxygen atoms in total. The van der Waals surface area contributed by atoms with Gasteiger partial charge < -0.3 is 15.0 Å². The molecular formula is C24H31ClN2O3. The minimum atomic E-state index is -0.525. The van der Waals surface area contributed by atoms with Crippen LogP contribution in [0.1, 0.15) is 44.2 Å². The van der Waals surface area contributed by atoms with Crippen LogP contribution in [0.5, 0.6) is 5.75 Å². The summed E-state index contributed by atoms with van der Waals surface area (Å²) in [5, 5.41) is 3.61. The molecule has 0 unspecified atom stereocenters. The van der Waals surface area contributed by atoms with Crippen molar-refractivity contribution < 1.29 is 14.3 Å². The number of nitrogens with zero attached hydrogens (tertiary/aromatic N) is 1. The van der Waals surface area contributed by atoms with Crippen LogP contribution >= 0.6 is 11.6 Å². The molecular weight excluding hydrogens is 400 g/mol. The zero-order valence-electron chi connectivity index (χ0n) is 18.0. The van der Waals surface area contributed by atoms with Crippen molar-refractivity contribution >= 4 is 23.4 Å². The van der Waals surface area contributed by atoms with Gasteiger partial charge in [0, 0.05) is 18.1 Å². The maximum absolute atomic E-state index is 13.3. The molecule has 0 aliphatic carbocycles. The summed E-state index contributed by atoms with van der Waals surface area (Å²) in [6, 6.07) is 14.3. The first-order chi connectivity index (χ1) is 14.5. The Morgan fingerprint density at radius 2 is 1.67 bits per heavy atom. The van der Waals surface area contributed by atoms with Crippen LogP contribution in [0.3, 0.4) is 0 Å². The summed E-state index contributed by atoms with van der Waals surface area (Å²) in [5.41, 5.74) is 1.81. The van der Waals surface area contributed by atoms with Crippen LogP contribution in [-0.2, 0) is 22.6 Å². The first-order valence-corrected chi connectivity index (χ1v) is 10.8. The molecule has 0 aliphatic rings. The Hall–Kier alpha value is -2.53. The smallest absolute Gasteiger partial charge is 0.242 e. The highest BCUT2D eigenvalue weighted by atomic mass is 35.5. The molecule has 0 fully saturated rings. The van der Waals surface area contributed by atoms with Crippen LogP contribution < -0.4 is 10.1 Å². The second-order valence-electron chi connectivity index (χ2n) is 7.24. The van der Waals surface area contributed by atoms with E-state index in [1.165, 1.54) is 0 Å². The van der Waals surface area contributed by atoms with Crippen molar-refractivity contribution in [3.05, 3.63) is 64.7 Å². The summed E-state index contributed by atoms with van der Waals surface area (Å²) in [5.74, 6) is 0.543. The van der Waals surface area contributed by atoms with Crippen LogP contribution in [0.2, 0.25) is 5.02 Å². The molecule has 0 spiro atoms. The average molecular weight is 431 g/mol. The van der Waals surface area contributed by atoms with E-state index in [-0.39, 0.29) is 18.2 Å². The van der Waals surface area contributed by atoms with Gasteiger partial charge in [-0.15, -0.1) is 0 Å². The van der Waals surface area contributed by atoms with Crippen LogP contribution in [0.4, 0.5) is 0 Å². The Morgan fingerprint density at radius 1 is 1.03 bits per heavy atom. The van der Waals surface area contributed by atoms with Gasteiger partial charge in [-0.3, -0.25) is 9.59 Å². The van der Waals surface area contributed by atoms with Gasteiger partial charge in [-0.05, 0) is 48.2 Å². The topological polar surface area (TPSA) is 58.6 Å². The van der Waals surface area contributed by atoms with Crippen molar-refractivity contribution in [1.82, 2.24) is 10.2 Å². The molecule has 0 bridgehead atoms. The molecule has 0 heterocycles. The second-order valence-corrected chi connectivity index (χ2v) is 7.68. The van der Waals surface area contributed by atoms with E-state index < -0.39 is 6.04 Å². The highest BCUT2D eigenvalue weighted by Gasteiger charge is 2.28. The Balaban J connectivity index is 2.21. The third kappa shape index (κ3) is 7.06. The minimum absolute atomic E-state index is 0.0902. The predicted octanol–water partition coefficient (Wildman–Crippen LogP) is 4.61. The number of amides is 2. The summed E-state index contributed by atoms with van der Waals surface area (Å²) in [6.45, 7) is 4.98. The number of halogens is 1. The third-order valence-electron chi connectivity index (χ3n) is 5.00. The molecule has 2 rings (SSSR count). The molecule has 0 saturated heterocycles. The van der Waals surface area contributed by atoms with Gasteiger partial charge in [0.2, 0.25) is 11.8 Å². The van der Waals surface area contributed by atoms with Gasteiger partial charge in [-0.25, -0.2) is 0 Å². The lowest BCUT2D eigenvalue weighted by Gasteiger charge is -2.31. The van der Waals surface area contributed by atoms with E-state index in [9.17, 15) is 9.59 Å². The zero-order valence-corrected chi connectivity index (χ0v) is 18.7. The van der Waals surface area contributed by atoms with Gasteiger partial charge in [0.25, 0.3) is 0 Å². The number of carbonyl (C=O) groups excluding carboxylic acids is 2. The van der Waals surface area contributed by atoms with E-state index in [2.05, 4.69) is 12.2 Å². The van der Waals surface area contributed by atoms with Crippen molar-refractivity contribution in [2.75, 3.05) is 13.7 Å². The Kier molecular flexibility index (Phi) is 9.68. The maximum Gasteiger partial charge on any atom is 0.242 e. The van der Waals surface area contributed by atoms with E-state index in [1.807, 2.05) is 43.3 Å². The van der Waals surface area contributed by atoms with E-state index in [0.717, 1.165) is 29.7 Å². The first kappa shape index (κ1) is 23.7. The van der Waals surface area contributed by atoms with E-state index in [0.29, 0.717) is 24.5 Å². The Labute approximate surface area is 184 Å². The van der Waals surface area contributed by atoms with Crippen LogP contribution in [0.15, 0.2) is 48.5 Å². The van der Waals surface area contributed by atoms with Crippen molar-refractivity contribution in [1.29, 1.82) is 0 Å². The quantitative estimate of drug-likeness (QED) is 0.529. The van der Waals surface area contributed by atoms with Gasteiger partial charge in [0.15, 0.2) is 0 Å². The van der Waals surface area contributed by atoms with Crippen molar-refractivity contribution in [2.24, 2.45) is 0 Å². The number of carbonyl (C=O) groups is 2. The number of rotatable bonds is 11. The molecule has 0 radical (unpaired) electrons. The molecule has 0 aliphatic heterocycles. The van der Waals surface area contributed by atoms with Crippen LogP contribution in [0, 0.1) is 0 Å². The summed E-state index contributed by atoms with van der Waals surface area (Å²) in [6.07, 6.45) is 2.68. The minimum Gasteiger partial charge on any atom is -0.497 e. The summed E-state index contributed by atoms with van der Waals surface area (Å²) >= 11 is 6.00. The number of benzene rings is 2. The molecule has 1 atom stereocenters. The summed E-state index contributed by atoms with van der Waals surface area (Å²) < 4.78 is 5.19. The highest BCUT2D eigenvalue weighted by Crippen LogP contribution is 2.18. The molecule has 30 heavy (non-hydrogen) atoms. The van der Waals surface area contributed by atoms with Gasteiger partial charge in [-0.1, -0.05) is 56.1 Å². The SMILES string of the molecule is CCCCNC(=O)[C@H](CC)N(Cc1ccc(Cl)cc1)C(=O)Cc1ccc(OC)cc1. The third-order valence-corrected chi connectivity index (χ3v) is 5.25. The summed E-state index contributed by atoms with van der Waals surface area (Å²) in [7, 11) is 1.61. The number of hydrogen-bond acceptors (Lipinski definition) is 3. The van der Waals surface area contributed by atoms with Crippen LogP contribution in [-0.4, -0.2) is 36.4 Å².